The van der Waals surface area contributed by atoms with Gasteiger partial charge in [-0.25, -0.2) is 0 Å². The van der Waals surface area contributed by atoms with Crippen molar-refractivity contribution in [2.24, 2.45) is 11.3 Å². The maximum Gasteiger partial charge on any atom is 0.311 e. The molecule has 1 aliphatic heterocycles. The summed E-state index contributed by atoms with van der Waals surface area (Å²) in [6.07, 6.45) is 3.58. The zero-order valence-corrected chi connectivity index (χ0v) is 13.5. The number of nitrogens with zero attached hydrogens (tertiary/aromatic N) is 1. The van der Waals surface area contributed by atoms with Gasteiger partial charge in [-0.3, -0.25) is 9.59 Å². The van der Waals surface area contributed by atoms with Gasteiger partial charge in [0.25, 0.3) is 0 Å². The fourth-order valence-electron chi connectivity index (χ4n) is 4.14. The first-order valence-corrected chi connectivity index (χ1v) is 8.20. The molecule has 1 aliphatic carbocycles. The molecule has 5 heteroatoms. The number of carboxylic acid groups (broad SMARTS) is 1. The topological polar surface area (TPSA) is 66.8 Å². The second-order valence-electron chi connectivity index (χ2n) is 6.64. The van der Waals surface area contributed by atoms with Gasteiger partial charge in [-0.15, -0.1) is 0 Å². The van der Waals surface area contributed by atoms with Gasteiger partial charge in [0.15, 0.2) is 0 Å². The summed E-state index contributed by atoms with van der Waals surface area (Å²) in [5, 5.41) is 9.60. The normalized spacial score (nSPS) is 26.1. The third-order valence-electron chi connectivity index (χ3n) is 5.45. The van der Waals surface area contributed by atoms with Crippen molar-refractivity contribution < 1.29 is 19.4 Å². The van der Waals surface area contributed by atoms with Gasteiger partial charge in [0, 0.05) is 19.5 Å². The quantitative estimate of drug-likeness (QED) is 0.905. The zero-order valence-electron chi connectivity index (χ0n) is 13.5. The molecule has 23 heavy (non-hydrogen) atoms. The Morgan fingerprint density at radius 1 is 1.39 bits per heavy atom. The number of methoxy groups -OCH3 is 1. The Hall–Kier alpha value is -2.04. The van der Waals surface area contributed by atoms with E-state index in [1.165, 1.54) is 0 Å². The summed E-state index contributed by atoms with van der Waals surface area (Å²) in [6.45, 7) is 0.967. The number of rotatable bonds is 5. The lowest BCUT2D eigenvalue weighted by Gasteiger charge is -2.23. The van der Waals surface area contributed by atoms with E-state index in [1.54, 1.807) is 12.0 Å². The zero-order chi connectivity index (χ0) is 16.4. The van der Waals surface area contributed by atoms with Gasteiger partial charge in [0.05, 0.1) is 12.5 Å². The van der Waals surface area contributed by atoms with Crippen molar-refractivity contribution in [3.8, 4) is 5.75 Å². The minimum Gasteiger partial charge on any atom is -0.496 e. The maximum atomic E-state index is 12.5. The van der Waals surface area contributed by atoms with Crippen LogP contribution in [0.1, 0.15) is 31.2 Å². The number of likely N-dealkylation sites (tertiary alicyclic amines) is 1. The maximum absolute atomic E-state index is 12.5. The Morgan fingerprint density at radius 3 is 2.87 bits per heavy atom. The number of hydrogen-bond acceptors (Lipinski definition) is 3. The predicted molar refractivity (Wildman–Crippen MR) is 85.3 cm³/mol. The first kappa shape index (κ1) is 15.8. The summed E-state index contributed by atoms with van der Waals surface area (Å²) in [4.78, 5) is 25.9. The van der Waals surface area contributed by atoms with Crippen molar-refractivity contribution >= 4 is 11.9 Å². The highest BCUT2D eigenvalue weighted by Crippen LogP contribution is 2.49. The Balaban J connectivity index is 1.63. The molecular formula is C18H23NO4. The van der Waals surface area contributed by atoms with E-state index < -0.39 is 11.4 Å². The molecule has 0 bridgehead atoms. The molecule has 3 rings (SSSR count). The molecule has 0 aromatic heterocycles. The highest BCUT2D eigenvalue weighted by atomic mass is 16.5. The largest absolute Gasteiger partial charge is 0.496 e. The van der Waals surface area contributed by atoms with Crippen molar-refractivity contribution in [3.05, 3.63) is 29.8 Å². The summed E-state index contributed by atoms with van der Waals surface area (Å²) in [5.74, 6) is 0.224. The van der Waals surface area contributed by atoms with E-state index in [2.05, 4.69) is 0 Å². The summed E-state index contributed by atoms with van der Waals surface area (Å²) in [7, 11) is 1.62. The highest BCUT2D eigenvalue weighted by molar-refractivity contribution is 5.81. The van der Waals surface area contributed by atoms with Crippen LogP contribution < -0.4 is 4.74 Å². The molecule has 2 fully saturated rings. The van der Waals surface area contributed by atoms with E-state index in [1.807, 2.05) is 24.3 Å². The predicted octanol–water partition coefficient (Wildman–Crippen LogP) is 2.34. The average Bonchev–Trinajstić information content (AvgIpc) is 3.11. The SMILES string of the molecule is COc1ccccc1CCC(=O)N1C[C@@H]2CCC[C@@]2(C(=O)O)C1. The third kappa shape index (κ3) is 2.80. The average molecular weight is 317 g/mol. The van der Waals surface area contributed by atoms with Crippen molar-refractivity contribution in [1.29, 1.82) is 0 Å². The van der Waals surface area contributed by atoms with Crippen molar-refractivity contribution in [2.45, 2.75) is 32.1 Å². The number of ether oxygens (including phenoxy) is 1. The number of para-hydroxylation sites is 1. The third-order valence-corrected chi connectivity index (χ3v) is 5.45. The highest BCUT2D eigenvalue weighted by Gasteiger charge is 2.55. The summed E-state index contributed by atoms with van der Waals surface area (Å²) in [5.41, 5.74) is 0.316. The number of carbonyl (C=O) groups is 2. The van der Waals surface area contributed by atoms with E-state index in [9.17, 15) is 14.7 Å². The molecule has 0 unspecified atom stereocenters. The van der Waals surface area contributed by atoms with Crippen LogP contribution in [0, 0.1) is 11.3 Å². The van der Waals surface area contributed by atoms with Crippen molar-refractivity contribution in [2.75, 3.05) is 20.2 Å². The van der Waals surface area contributed by atoms with Crippen LogP contribution in [0.4, 0.5) is 0 Å². The van der Waals surface area contributed by atoms with Crippen LogP contribution in [0.3, 0.4) is 0 Å². The number of fused-ring (bicyclic) bond motifs is 1. The summed E-state index contributed by atoms with van der Waals surface area (Å²) in [6, 6.07) is 7.69. The molecule has 1 saturated carbocycles. The van der Waals surface area contributed by atoms with E-state index in [0.29, 0.717) is 32.4 Å². The van der Waals surface area contributed by atoms with E-state index in [4.69, 9.17) is 4.74 Å². The summed E-state index contributed by atoms with van der Waals surface area (Å²) < 4.78 is 5.31. The van der Waals surface area contributed by atoms with Gasteiger partial charge >= 0.3 is 5.97 Å². The fraction of sp³-hybridized carbons (Fsp3) is 0.556. The second-order valence-corrected chi connectivity index (χ2v) is 6.64. The number of amides is 1. The lowest BCUT2D eigenvalue weighted by atomic mass is 9.81. The molecule has 1 aromatic carbocycles. The van der Waals surface area contributed by atoms with E-state index in [-0.39, 0.29) is 11.8 Å². The number of aliphatic carboxylic acids is 1. The lowest BCUT2D eigenvalue weighted by molar-refractivity contribution is -0.149. The molecule has 2 aliphatic rings. The van der Waals surface area contributed by atoms with Crippen LogP contribution in [-0.2, 0) is 16.0 Å². The molecular weight excluding hydrogens is 294 g/mol. The molecule has 124 valence electrons. The molecule has 5 nitrogen and oxygen atoms in total. The lowest BCUT2D eigenvalue weighted by Crippen LogP contribution is -2.37. The number of aryl methyl sites for hydroxylation is 1. The van der Waals surface area contributed by atoms with Crippen molar-refractivity contribution in [1.82, 2.24) is 4.90 Å². The second kappa shape index (κ2) is 6.22. The monoisotopic (exact) mass is 317 g/mol. The van der Waals surface area contributed by atoms with Gasteiger partial charge in [-0.1, -0.05) is 24.6 Å². The fourth-order valence-corrected chi connectivity index (χ4v) is 4.14. The Bertz CT molecular complexity index is 615. The molecule has 1 aromatic rings. The van der Waals surface area contributed by atoms with Gasteiger partial charge in [-0.05, 0) is 36.8 Å². The molecule has 0 spiro atoms. The van der Waals surface area contributed by atoms with Crippen LogP contribution in [0.15, 0.2) is 24.3 Å². The Labute approximate surface area is 136 Å². The van der Waals surface area contributed by atoms with Crippen LogP contribution >= 0.6 is 0 Å². The number of hydrogen-bond donors (Lipinski definition) is 1. The number of carboxylic acids is 1. The van der Waals surface area contributed by atoms with Gasteiger partial charge < -0.3 is 14.7 Å². The van der Waals surface area contributed by atoms with Gasteiger partial charge in [-0.2, -0.15) is 0 Å². The van der Waals surface area contributed by atoms with Crippen molar-refractivity contribution in [3.63, 3.8) is 0 Å². The molecule has 0 radical (unpaired) electrons. The Morgan fingerprint density at radius 2 is 2.17 bits per heavy atom. The first-order valence-electron chi connectivity index (χ1n) is 8.20. The van der Waals surface area contributed by atoms with E-state index >= 15 is 0 Å². The number of benzene rings is 1. The van der Waals surface area contributed by atoms with Crippen LogP contribution in [-0.4, -0.2) is 42.1 Å². The van der Waals surface area contributed by atoms with Crippen LogP contribution in [0.25, 0.3) is 0 Å². The molecule has 2 atom stereocenters. The number of carbonyl (C=O) groups excluding carboxylic acids is 1. The minimum absolute atomic E-state index is 0.0472. The van der Waals surface area contributed by atoms with Gasteiger partial charge in [0.1, 0.15) is 5.75 Å². The first-order chi connectivity index (χ1) is 11.1. The van der Waals surface area contributed by atoms with Gasteiger partial charge in [0.2, 0.25) is 5.91 Å². The smallest absolute Gasteiger partial charge is 0.311 e. The minimum atomic E-state index is -0.736. The molecule has 1 amide bonds. The molecule has 1 N–H and O–H groups in total. The van der Waals surface area contributed by atoms with Crippen LogP contribution in [0.5, 0.6) is 5.75 Å². The standard InChI is InChI=1S/C18H23NO4/c1-23-15-7-3-2-5-13(15)8-9-16(20)19-11-14-6-4-10-18(14,12-19)17(21)22/h2-3,5,7,14H,4,6,8-12H2,1H3,(H,21,22)/t14-,18+/m0/s1. The Kier molecular flexibility index (Phi) is 4.28. The molecule has 1 heterocycles. The van der Waals surface area contributed by atoms with Crippen LogP contribution in [0.2, 0.25) is 0 Å². The summed E-state index contributed by atoms with van der Waals surface area (Å²) >= 11 is 0. The van der Waals surface area contributed by atoms with E-state index in [0.717, 1.165) is 24.2 Å². The molecule has 1 saturated heterocycles.